The largest absolute Gasteiger partial charge is 0.465 e. The van der Waals surface area contributed by atoms with Crippen LogP contribution in [-0.2, 0) is 31.7 Å². The van der Waals surface area contributed by atoms with Gasteiger partial charge in [0, 0.05) is 12.0 Å². The average Bonchev–Trinajstić information content (AvgIpc) is 3.02. The van der Waals surface area contributed by atoms with Gasteiger partial charge in [-0.2, -0.15) is 13.2 Å². The SMILES string of the molecule is CCOC(=O)C(CCc1nc(-c2ccc(C(F)(F)F)cc2)c(Br)o1)C(=O)OCC. The lowest BCUT2D eigenvalue weighted by atomic mass is 10.0. The van der Waals surface area contributed by atoms with Gasteiger partial charge < -0.3 is 13.9 Å². The number of oxazole rings is 1. The van der Waals surface area contributed by atoms with Crippen LogP contribution < -0.4 is 0 Å². The molecule has 1 heterocycles. The number of benzene rings is 1. The summed E-state index contributed by atoms with van der Waals surface area (Å²) in [7, 11) is 0. The zero-order chi connectivity index (χ0) is 21.6. The topological polar surface area (TPSA) is 78.6 Å². The Bertz CT molecular complexity index is 831. The summed E-state index contributed by atoms with van der Waals surface area (Å²) in [6.07, 6.45) is -4.25. The zero-order valence-electron chi connectivity index (χ0n) is 15.7. The Balaban J connectivity index is 2.14. The number of carbonyl (C=O) groups is 2. The van der Waals surface area contributed by atoms with Crippen molar-refractivity contribution in [3.8, 4) is 11.3 Å². The summed E-state index contributed by atoms with van der Waals surface area (Å²) >= 11 is 3.19. The van der Waals surface area contributed by atoms with Crippen molar-refractivity contribution in [2.75, 3.05) is 13.2 Å². The highest BCUT2D eigenvalue weighted by atomic mass is 79.9. The molecule has 0 bridgehead atoms. The number of halogens is 4. The summed E-state index contributed by atoms with van der Waals surface area (Å²) < 4.78 is 53.6. The standard InChI is InChI=1S/C19H19BrF3NO5/c1-3-27-17(25)13(18(26)28-4-2)9-10-14-24-15(16(20)29-14)11-5-7-12(8-6-11)19(21,22)23/h5-8,13H,3-4,9-10H2,1-2H3. The molecule has 0 saturated carbocycles. The zero-order valence-corrected chi connectivity index (χ0v) is 17.3. The lowest BCUT2D eigenvalue weighted by molar-refractivity contribution is -0.161. The number of rotatable bonds is 8. The molecule has 0 saturated heterocycles. The second-order valence-corrected chi connectivity index (χ2v) is 6.62. The number of hydrogen-bond donors (Lipinski definition) is 0. The molecule has 0 radical (unpaired) electrons. The van der Waals surface area contributed by atoms with E-state index in [1.54, 1.807) is 13.8 Å². The minimum atomic E-state index is -4.43. The van der Waals surface area contributed by atoms with Gasteiger partial charge in [-0.15, -0.1) is 0 Å². The van der Waals surface area contributed by atoms with Crippen LogP contribution in [0.5, 0.6) is 0 Å². The molecule has 0 N–H and O–H groups in total. The molecule has 0 spiro atoms. The van der Waals surface area contributed by atoms with Crippen molar-refractivity contribution < 1.29 is 36.7 Å². The van der Waals surface area contributed by atoms with Crippen LogP contribution in [0.3, 0.4) is 0 Å². The molecule has 0 aliphatic carbocycles. The first kappa shape index (κ1) is 22.9. The second kappa shape index (κ2) is 9.91. The molecule has 0 amide bonds. The third kappa shape index (κ3) is 6.06. The predicted octanol–water partition coefficient (Wildman–Crippen LogP) is 4.80. The van der Waals surface area contributed by atoms with E-state index in [4.69, 9.17) is 13.9 Å². The van der Waals surface area contributed by atoms with E-state index < -0.39 is 29.6 Å². The maximum Gasteiger partial charge on any atom is 0.416 e. The molecule has 0 fully saturated rings. The molecule has 0 aliphatic rings. The Hall–Kier alpha value is -2.36. The first-order valence-corrected chi connectivity index (χ1v) is 9.62. The van der Waals surface area contributed by atoms with Crippen LogP contribution in [0.4, 0.5) is 13.2 Å². The minimum absolute atomic E-state index is 0.0527. The van der Waals surface area contributed by atoms with Gasteiger partial charge in [0.15, 0.2) is 16.5 Å². The smallest absolute Gasteiger partial charge is 0.416 e. The second-order valence-electron chi connectivity index (χ2n) is 5.90. The number of nitrogens with zero attached hydrogens (tertiary/aromatic N) is 1. The number of carbonyl (C=O) groups excluding carboxylic acids is 2. The monoisotopic (exact) mass is 477 g/mol. The normalized spacial score (nSPS) is 11.6. The third-order valence-corrected chi connectivity index (χ3v) is 4.44. The fourth-order valence-electron chi connectivity index (χ4n) is 2.53. The predicted molar refractivity (Wildman–Crippen MR) is 99.7 cm³/mol. The van der Waals surface area contributed by atoms with E-state index in [0.717, 1.165) is 12.1 Å². The molecule has 0 atom stereocenters. The van der Waals surface area contributed by atoms with Crippen LogP contribution in [-0.4, -0.2) is 30.1 Å². The molecule has 2 rings (SSSR count). The Morgan fingerprint density at radius 1 is 1.10 bits per heavy atom. The molecular formula is C19H19BrF3NO5. The highest BCUT2D eigenvalue weighted by Gasteiger charge is 2.31. The lowest BCUT2D eigenvalue weighted by Crippen LogP contribution is -2.28. The van der Waals surface area contributed by atoms with Crippen molar-refractivity contribution in [2.24, 2.45) is 5.92 Å². The number of hydrogen-bond acceptors (Lipinski definition) is 6. The van der Waals surface area contributed by atoms with Crippen molar-refractivity contribution in [3.63, 3.8) is 0 Å². The quantitative estimate of drug-likeness (QED) is 0.401. The Labute approximate surface area is 173 Å². The van der Waals surface area contributed by atoms with Gasteiger partial charge in [0.25, 0.3) is 0 Å². The number of alkyl halides is 3. The summed E-state index contributed by atoms with van der Waals surface area (Å²) in [5.74, 6) is -2.29. The van der Waals surface area contributed by atoms with Crippen LogP contribution in [0.15, 0.2) is 33.4 Å². The maximum absolute atomic E-state index is 12.7. The van der Waals surface area contributed by atoms with E-state index >= 15 is 0 Å². The van der Waals surface area contributed by atoms with E-state index in [-0.39, 0.29) is 36.6 Å². The van der Waals surface area contributed by atoms with Gasteiger partial charge in [0.1, 0.15) is 5.69 Å². The van der Waals surface area contributed by atoms with Crippen LogP contribution in [0.25, 0.3) is 11.3 Å². The van der Waals surface area contributed by atoms with Gasteiger partial charge in [0.05, 0.1) is 18.8 Å². The van der Waals surface area contributed by atoms with Crippen LogP contribution in [0, 0.1) is 5.92 Å². The molecule has 158 valence electrons. The molecule has 6 nitrogen and oxygen atoms in total. The van der Waals surface area contributed by atoms with Gasteiger partial charge >= 0.3 is 18.1 Å². The Kier molecular flexibility index (Phi) is 7.83. The first-order chi connectivity index (χ1) is 13.7. The van der Waals surface area contributed by atoms with Gasteiger partial charge in [0.2, 0.25) is 0 Å². The van der Waals surface area contributed by atoms with Gasteiger partial charge in [-0.05, 0) is 48.3 Å². The van der Waals surface area contributed by atoms with E-state index in [1.807, 2.05) is 0 Å². The Morgan fingerprint density at radius 2 is 1.66 bits per heavy atom. The van der Waals surface area contributed by atoms with Crippen molar-refractivity contribution >= 4 is 27.9 Å². The van der Waals surface area contributed by atoms with Gasteiger partial charge in [-0.25, -0.2) is 4.98 Å². The fraction of sp³-hybridized carbons (Fsp3) is 0.421. The molecule has 0 aliphatic heterocycles. The van der Waals surface area contributed by atoms with Crippen molar-refractivity contribution in [1.29, 1.82) is 0 Å². The highest BCUT2D eigenvalue weighted by Crippen LogP contribution is 2.33. The summed E-state index contributed by atoms with van der Waals surface area (Å²) in [5.41, 5.74) is -0.0300. The first-order valence-electron chi connectivity index (χ1n) is 8.83. The summed E-state index contributed by atoms with van der Waals surface area (Å²) in [6.45, 7) is 3.50. The van der Waals surface area contributed by atoms with Crippen LogP contribution in [0.2, 0.25) is 0 Å². The number of ether oxygens (including phenoxy) is 2. The molecular weight excluding hydrogens is 459 g/mol. The van der Waals surface area contributed by atoms with Crippen molar-refractivity contribution in [1.82, 2.24) is 4.98 Å². The summed E-state index contributed by atoms with van der Waals surface area (Å²) in [5, 5.41) is 0. The Morgan fingerprint density at radius 3 is 2.14 bits per heavy atom. The van der Waals surface area contributed by atoms with Gasteiger partial charge in [-0.3, -0.25) is 9.59 Å². The fourth-order valence-corrected chi connectivity index (χ4v) is 3.04. The minimum Gasteiger partial charge on any atom is -0.465 e. The average molecular weight is 478 g/mol. The lowest BCUT2D eigenvalue weighted by Gasteiger charge is -2.13. The number of esters is 2. The van der Waals surface area contributed by atoms with Crippen molar-refractivity contribution in [3.05, 3.63) is 40.4 Å². The molecule has 10 heteroatoms. The maximum atomic E-state index is 12.7. The molecule has 2 aromatic rings. The molecule has 0 unspecified atom stereocenters. The van der Waals surface area contributed by atoms with E-state index in [1.165, 1.54) is 12.1 Å². The van der Waals surface area contributed by atoms with Crippen LogP contribution in [0.1, 0.15) is 31.7 Å². The highest BCUT2D eigenvalue weighted by molar-refractivity contribution is 9.10. The van der Waals surface area contributed by atoms with Crippen molar-refractivity contribution in [2.45, 2.75) is 32.9 Å². The van der Waals surface area contributed by atoms with Crippen LogP contribution >= 0.6 is 15.9 Å². The molecule has 1 aromatic carbocycles. The van der Waals surface area contributed by atoms with Gasteiger partial charge in [-0.1, -0.05) is 12.1 Å². The number of aromatic nitrogens is 1. The van der Waals surface area contributed by atoms with E-state index in [2.05, 4.69) is 20.9 Å². The molecule has 29 heavy (non-hydrogen) atoms. The van der Waals surface area contributed by atoms with E-state index in [9.17, 15) is 22.8 Å². The number of aryl methyl sites for hydroxylation is 1. The third-order valence-electron chi connectivity index (χ3n) is 3.90. The molecule has 1 aromatic heterocycles. The van der Waals surface area contributed by atoms with E-state index in [0.29, 0.717) is 11.3 Å². The summed E-state index contributed by atoms with van der Waals surface area (Å²) in [6, 6.07) is 4.48. The summed E-state index contributed by atoms with van der Waals surface area (Å²) in [4.78, 5) is 28.3.